The third-order valence-electron chi connectivity index (χ3n) is 2.62. The molecule has 0 radical (unpaired) electrons. The van der Waals surface area contributed by atoms with E-state index in [1.54, 1.807) is 24.3 Å². The predicted octanol–water partition coefficient (Wildman–Crippen LogP) is 3.57. The molecular weight excluding hydrogens is 200 g/mol. The number of phenols is 1. The van der Waals surface area contributed by atoms with E-state index in [4.69, 9.17) is 0 Å². The molecule has 0 spiro atoms. The molecule has 1 N–H and O–H groups in total. The number of para-hydroxylation sites is 1. The normalized spacial score (nSPS) is 12.1. The van der Waals surface area contributed by atoms with Crippen molar-refractivity contribution in [3.63, 3.8) is 0 Å². The van der Waals surface area contributed by atoms with E-state index in [1.807, 2.05) is 13.8 Å². The first-order valence-corrected chi connectivity index (χ1v) is 5.49. The maximum absolute atomic E-state index is 12.0. The lowest BCUT2D eigenvalue weighted by Crippen LogP contribution is -2.11. The summed E-state index contributed by atoms with van der Waals surface area (Å²) in [5, 5.41) is 9.57. The fraction of sp³-hybridized carbons (Fsp3) is 0.357. The van der Waals surface area contributed by atoms with Crippen LogP contribution in [0.1, 0.15) is 37.0 Å². The summed E-state index contributed by atoms with van der Waals surface area (Å²) < 4.78 is 0. The number of Topliss-reactive ketones (excluding diaryl/α,β-unsaturated/α-hetero) is 1. The van der Waals surface area contributed by atoms with Crippen LogP contribution in [-0.2, 0) is 0 Å². The smallest absolute Gasteiger partial charge is 0.169 e. The van der Waals surface area contributed by atoms with Crippen molar-refractivity contribution in [2.45, 2.75) is 26.7 Å². The summed E-state index contributed by atoms with van der Waals surface area (Å²) in [6.45, 7) is 7.66. The van der Waals surface area contributed by atoms with Crippen LogP contribution in [0.5, 0.6) is 5.75 Å². The van der Waals surface area contributed by atoms with Gasteiger partial charge >= 0.3 is 0 Å². The quantitative estimate of drug-likeness (QED) is 0.606. The van der Waals surface area contributed by atoms with E-state index in [0.29, 0.717) is 5.56 Å². The molecule has 1 atom stereocenters. The average Bonchev–Trinajstić information content (AvgIpc) is 2.25. The molecule has 2 heteroatoms. The number of allylic oxidation sites excluding steroid dienone is 1. The second-order valence-corrected chi connectivity index (χ2v) is 4.28. The third kappa shape index (κ3) is 3.23. The van der Waals surface area contributed by atoms with Crippen LogP contribution in [0.15, 0.2) is 36.4 Å². The Morgan fingerprint density at radius 1 is 1.44 bits per heavy atom. The van der Waals surface area contributed by atoms with Crippen molar-refractivity contribution in [3.8, 4) is 5.75 Å². The van der Waals surface area contributed by atoms with Gasteiger partial charge < -0.3 is 5.11 Å². The number of hydrogen-bond acceptors (Lipinski definition) is 2. The Morgan fingerprint density at radius 3 is 2.62 bits per heavy atom. The number of carbonyl (C=O) groups excluding carboxylic acids is 1. The molecule has 1 aromatic rings. The molecule has 0 aliphatic rings. The van der Waals surface area contributed by atoms with Crippen molar-refractivity contribution >= 4 is 5.78 Å². The molecule has 1 rings (SSSR count). The van der Waals surface area contributed by atoms with Crippen LogP contribution >= 0.6 is 0 Å². The molecule has 1 unspecified atom stereocenters. The molecule has 0 saturated heterocycles. The Hall–Kier alpha value is -1.57. The van der Waals surface area contributed by atoms with Gasteiger partial charge in [-0.1, -0.05) is 24.6 Å². The lowest BCUT2D eigenvalue weighted by Gasteiger charge is -2.11. The van der Waals surface area contributed by atoms with Crippen LogP contribution in [0.2, 0.25) is 0 Å². The number of ketones is 1. The lowest BCUT2D eigenvalue weighted by atomic mass is 9.93. The number of phenolic OH excluding ortho intramolecular Hbond substituents is 1. The number of aromatic hydroxyl groups is 1. The number of benzene rings is 1. The molecule has 0 aliphatic carbocycles. The molecule has 0 saturated carbocycles. The highest BCUT2D eigenvalue weighted by Crippen LogP contribution is 2.22. The lowest BCUT2D eigenvalue weighted by molar-refractivity contribution is 0.0921. The van der Waals surface area contributed by atoms with Gasteiger partial charge in [0.05, 0.1) is 5.56 Å². The first kappa shape index (κ1) is 12.5. The molecule has 0 amide bonds. The predicted molar refractivity (Wildman–Crippen MR) is 65.6 cm³/mol. The van der Waals surface area contributed by atoms with Crippen molar-refractivity contribution in [1.82, 2.24) is 0 Å². The molecule has 0 bridgehead atoms. The molecule has 0 heterocycles. The molecule has 2 nitrogen and oxygen atoms in total. The SMILES string of the molecule is C=C(C)CCC(C)C(=O)c1ccccc1O. The number of carbonyl (C=O) groups is 1. The van der Waals surface area contributed by atoms with Gasteiger partial charge in [0.1, 0.15) is 5.75 Å². The van der Waals surface area contributed by atoms with Gasteiger partial charge in [0.25, 0.3) is 0 Å². The van der Waals surface area contributed by atoms with Gasteiger partial charge in [0, 0.05) is 5.92 Å². The van der Waals surface area contributed by atoms with E-state index >= 15 is 0 Å². The Balaban J connectivity index is 2.71. The zero-order valence-corrected chi connectivity index (χ0v) is 9.86. The fourth-order valence-corrected chi connectivity index (χ4v) is 1.54. The monoisotopic (exact) mass is 218 g/mol. The Kier molecular flexibility index (Phi) is 4.29. The summed E-state index contributed by atoms with van der Waals surface area (Å²) in [6, 6.07) is 6.68. The minimum absolute atomic E-state index is 0.000602. The van der Waals surface area contributed by atoms with E-state index in [-0.39, 0.29) is 17.5 Å². The highest BCUT2D eigenvalue weighted by atomic mass is 16.3. The van der Waals surface area contributed by atoms with E-state index in [0.717, 1.165) is 18.4 Å². The molecule has 1 aromatic carbocycles. The fourth-order valence-electron chi connectivity index (χ4n) is 1.54. The summed E-state index contributed by atoms with van der Waals surface area (Å²) in [5.74, 6) is -0.0148. The molecule has 0 fully saturated rings. The minimum Gasteiger partial charge on any atom is -0.507 e. The summed E-state index contributed by atoms with van der Waals surface area (Å²) in [7, 11) is 0. The first-order chi connectivity index (χ1) is 7.52. The Labute approximate surface area is 96.6 Å². The number of rotatable bonds is 5. The molecule has 0 aliphatic heterocycles. The van der Waals surface area contributed by atoms with Crippen LogP contribution in [-0.4, -0.2) is 10.9 Å². The second kappa shape index (κ2) is 5.50. The van der Waals surface area contributed by atoms with Gasteiger partial charge in [0.2, 0.25) is 0 Å². The Bertz CT molecular complexity index is 393. The van der Waals surface area contributed by atoms with Crippen LogP contribution in [0.4, 0.5) is 0 Å². The largest absolute Gasteiger partial charge is 0.507 e. The first-order valence-electron chi connectivity index (χ1n) is 5.49. The molecule has 16 heavy (non-hydrogen) atoms. The maximum atomic E-state index is 12.0. The van der Waals surface area contributed by atoms with E-state index < -0.39 is 0 Å². The van der Waals surface area contributed by atoms with Gasteiger partial charge in [-0.05, 0) is 31.9 Å². The van der Waals surface area contributed by atoms with Crippen molar-refractivity contribution in [1.29, 1.82) is 0 Å². The van der Waals surface area contributed by atoms with Crippen molar-refractivity contribution in [2.24, 2.45) is 5.92 Å². The highest BCUT2D eigenvalue weighted by Gasteiger charge is 2.17. The standard InChI is InChI=1S/C14H18O2/c1-10(2)8-9-11(3)14(16)12-6-4-5-7-13(12)15/h4-7,11,15H,1,8-9H2,2-3H3. The minimum atomic E-state index is -0.0787. The van der Waals surface area contributed by atoms with Crippen LogP contribution in [0, 0.1) is 5.92 Å². The van der Waals surface area contributed by atoms with Crippen molar-refractivity contribution < 1.29 is 9.90 Å². The average molecular weight is 218 g/mol. The van der Waals surface area contributed by atoms with Crippen LogP contribution in [0.25, 0.3) is 0 Å². The van der Waals surface area contributed by atoms with Crippen LogP contribution < -0.4 is 0 Å². The van der Waals surface area contributed by atoms with Crippen molar-refractivity contribution in [2.75, 3.05) is 0 Å². The molecular formula is C14H18O2. The summed E-state index contributed by atoms with van der Waals surface area (Å²) in [6.07, 6.45) is 1.63. The van der Waals surface area contributed by atoms with E-state index in [2.05, 4.69) is 6.58 Å². The topological polar surface area (TPSA) is 37.3 Å². The molecule has 0 aromatic heterocycles. The summed E-state index contributed by atoms with van der Waals surface area (Å²) in [5.41, 5.74) is 1.49. The summed E-state index contributed by atoms with van der Waals surface area (Å²) >= 11 is 0. The zero-order valence-electron chi connectivity index (χ0n) is 9.86. The van der Waals surface area contributed by atoms with Gasteiger partial charge in [-0.15, -0.1) is 6.58 Å². The van der Waals surface area contributed by atoms with Gasteiger partial charge in [-0.2, -0.15) is 0 Å². The second-order valence-electron chi connectivity index (χ2n) is 4.28. The molecule has 86 valence electrons. The summed E-state index contributed by atoms with van der Waals surface area (Å²) in [4.78, 5) is 12.0. The van der Waals surface area contributed by atoms with Gasteiger partial charge in [-0.3, -0.25) is 4.79 Å². The van der Waals surface area contributed by atoms with Gasteiger partial charge in [0.15, 0.2) is 5.78 Å². The van der Waals surface area contributed by atoms with Crippen LogP contribution in [0.3, 0.4) is 0 Å². The third-order valence-corrected chi connectivity index (χ3v) is 2.62. The van der Waals surface area contributed by atoms with E-state index in [9.17, 15) is 9.90 Å². The number of hydrogen-bond donors (Lipinski definition) is 1. The van der Waals surface area contributed by atoms with E-state index in [1.165, 1.54) is 0 Å². The maximum Gasteiger partial charge on any atom is 0.169 e. The highest BCUT2D eigenvalue weighted by molar-refractivity contribution is 5.99. The Morgan fingerprint density at radius 2 is 2.06 bits per heavy atom. The van der Waals surface area contributed by atoms with Gasteiger partial charge in [-0.25, -0.2) is 0 Å². The zero-order chi connectivity index (χ0) is 12.1. The van der Waals surface area contributed by atoms with Crippen molar-refractivity contribution in [3.05, 3.63) is 42.0 Å².